The Balaban J connectivity index is 1.42. The van der Waals surface area contributed by atoms with Gasteiger partial charge in [0.2, 0.25) is 0 Å². The molecule has 3 aromatic heterocycles. The Morgan fingerprint density at radius 2 is 1.94 bits per heavy atom. The molecule has 0 unspecified atom stereocenters. The average molecular weight is 446 g/mol. The first-order valence-electron chi connectivity index (χ1n) is 9.73. The second kappa shape index (κ2) is 8.37. The number of amides is 1. The number of aromatic nitrogens is 2. The smallest absolute Gasteiger partial charge is 0.274 e. The summed E-state index contributed by atoms with van der Waals surface area (Å²) in [6.45, 7) is 0.636. The fourth-order valence-corrected chi connectivity index (χ4v) is 5.05. The van der Waals surface area contributed by atoms with Crippen molar-refractivity contribution in [3.05, 3.63) is 88.7 Å². The first kappa shape index (κ1) is 19.5. The van der Waals surface area contributed by atoms with Crippen LogP contribution in [-0.4, -0.2) is 22.6 Å². The van der Waals surface area contributed by atoms with Crippen molar-refractivity contribution in [3.63, 3.8) is 0 Å². The van der Waals surface area contributed by atoms with Crippen LogP contribution in [0.15, 0.2) is 77.5 Å². The average Bonchev–Trinajstić information content (AvgIpc) is 3.52. The maximum absolute atomic E-state index is 13.2. The molecule has 0 bridgehead atoms. The third-order valence-corrected chi connectivity index (χ3v) is 6.64. The lowest BCUT2D eigenvalue weighted by molar-refractivity contribution is 0.101. The van der Waals surface area contributed by atoms with Crippen molar-refractivity contribution in [1.82, 2.24) is 9.55 Å². The zero-order valence-electron chi connectivity index (χ0n) is 16.7. The number of thiazole rings is 1. The van der Waals surface area contributed by atoms with Gasteiger partial charge in [-0.2, -0.15) is 0 Å². The van der Waals surface area contributed by atoms with Gasteiger partial charge >= 0.3 is 0 Å². The molecule has 0 aliphatic rings. The molecule has 1 N–H and O–H groups in total. The lowest BCUT2D eigenvalue weighted by atomic mass is 10.2. The minimum absolute atomic E-state index is 0.161. The molecule has 0 radical (unpaired) electrons. The maximum atomic E-state index is 13.2. The number of hydrogen-bond donors (Lipinski definition) is 1. The Morgan fingerprint density at radius 3 is 2.77 bits per heavy atom. The van der Waals surface area contributed by atoms with E-state index >= 15 is 0 Å². The second-order valence-electron chi connectivity index (χ2n) is 7.00. The number of fused-ring (bicyclic) bond motifs is 1. The molecule has 0 aliphatic carbocycles. The summed E-state index contributed by atoms with van der Waals surface area (Å²) in [6.07, 6.45) is 0. The second-order valence-corrected chi connectivity index (χ2v) is 8.80. The number of thiophene rings is 1. The molecular formula is C24H19N3O2S2. The molecule has 5 rings (SSSR count). The topological polar surface area (TPSA) is 56.1 Å². The molecule has 0 saturated carbocycles. The van der Waals surface area contributed by atoms with Crippen LogP contribution >= 0.6 is 22.7 Å². The van der Waals surface area contributed by atoms with E-state index in [4.69, 9.17) is 4.74 Å². The molecule has 7 heteroatoms. The molecule has 31 heavy (non-hydrogen) atoms. The molecule has 0 fully saturated rings. The highest BCUT2D eigenvalue weighted by Gasteiger charge is 2.18. The number of benzene rings is 2. The number of anilines is 1. The Hall–Kier alpha value is -3.42. The summed E-state index contributed by atoms with van der Waals surface area (Å²) in [5, 5.41) is 7.53. The van der Waals surface area contributed by atoms with Gasteiger partial charge in [-0.25, -0.2) is 4.98 Å². The molecular weight excluding hydrogens is 426 g/mol. The number of nitrogens with one attached hydrogen (secondary N) is 1. The largest absolute Gasteiger partial charge is 0.497 e. The van der Waals surface area contributed by atoms with Crippen LogP contribution in [0.5, 0.6) is 5.75 Å². The summed E-state index contributed by atoms with van der Waals surface area (Å²) >= 11 is 3.04. The fraction of sp³-hybridized carbons (Fsp3) is 0.0833. The number of carbonyl (C=O) groups excluding carboxylic acids is 1. The van der Waals surface area contributed by atoms with Crippen molar-refractivity contribution in [2.45, 2.75) is 6.54 Å². The molecule has 154 valence electrons. The van der Waals surface area contributed by atoms with Crippen LogP contribution < -0.4 is 10.1 Å². The third-order valence-electron chi connectivity index (χ3n) is 5.03. The lowest BCUT2D eigenvalue weighted by Gasteiger charge is -2.10. The molecule has 2 aromatic carbocycles. The summed E-state index contributed by atoms with van der Waals surface area (Å²) in [7, 11) is 1.64. The van der Waals surface area contributed by atoms with Crippen molar-refractivity contribution >= 4 is 43.9 Å². The van der Waals surface area contributed by atoms with Crippen molar-refractivity contribution in [2.24, 2.45) is 0 Å². The molecule has 0 aliphatic heterocycles. The van der Waals surface area contributed by atoms with Gasteiger partial charge in [-0.3, -0.25) is 10.1 Å². The van der Waals surface area contributed by atoms with Crippen LogP contribution in [0.4, 0.5) is 5.13 Å². The highest BCUT2D eigenvalue weighted by Crippen LogP contribution is 2.29. The van der Waals surface area contributed by atoms with E-state index in [0.717, 1.165) is 32.8 Å². The van der Waals surface area contributed by atoms with Crippen molar-refractivity contribution in [2.75, 3.05) is 12.4 Å². The lowest BCUT2D eigenvalue weighted by Crippen LogP contribution is -2.17. The monoisotopic (exact) mass is 445 g/mol. The number of ether oxygens (including phenoxy) is 1. The van der Waals surface area contributed by atoms with Crippen molar-refractivity contribution in [1.29, 1.82) is 0 Å². The number of methoxy groups -OCH3 is 1. The quantitative estimate of drug-likeness (QED) is 0.342. The predicted octanol–water partition coefficient (Wildman–Crippen LogP) is 6.14. The minimum atomic E-state index is -0.161. The van der Waals surface area contributed by atoms with E-state index in [0.29, 0.717) is 17.4 Å². The van der Waals surface area contributed by atoms with Gasteiger partial charge in [0.15, 0.2) is 5.13 Å². The number of hydrogen-bond acceptors (Lipinski definition) is 5. The first-order chi connectivity index (χ1) is 15.2. The zero-order valence-corrected chi connectivity index (χ0v) is 18.4. The Morgan fingerprint density at radius 1 is 1.06 bits per heavy atom. The van der Waals surface area contributed by atoms with Gasteiger partial charge in [0.1, 0.15) is 11.4 Å². The van der Waals surface area contributed by atoms with Crippen LogP contribution in [0.25, 0.3) is 21.5 Å². The molecule has 0 atom stereocenters. The van der Waals surface area contributed by atoms with E-state index in [-0.39, 0.29) is 5.91 Å². The van der Waals surface area contributed by atoms with Gasteiger partial charge in [0.05, 0.1) is 23.0 Å². The van der Waals surface area contributed by atoms with E-state index in [1.165, 1.54) is 11.3 Å². The summed E-state index contributed by atoms with van der Waals surface area (Å²) in [4.78, 5) is 17.8. The highest BCUT2D eigenvalue weighted by atomic mass is 32.1. The maximum Gasteiger partial charge on any atom is 0.274 e. The van der Waals surface area contributed by atoms with Gasteiger partial charge in [0.25, 0.3) is 5.91 Å². The van der Waals surface area contributed by atoms with Gasteiger partial charge in [-0.1, -0.05) is 42.5 Å². The summed E-state index contributed by atoms with van der Waals surface area (Å²) < 4.78 is 8.45. The Bertz CT molecular complexity index is 1350. The Kier molecular flexibility index (Phi) is 5.28. The van der Waals surface area contributed by atoms with E-state index < -0.39 is 0 Å². The SMILES string of the molecule is COc1cccc(-c2csc(NC(=O)c3cc4sccc4n3Cc3ccccc3)n2)c1. The number of nitrogens with zero attached hydrogens (tertiary/aromatic N) is 2. The standard InChI is InChI=1S/C24H19N3O2S2/c1-29-18-9-5-8-17(12-18)19-15-31-24(25-19)26-23(28)21-13-22-20(10-11-30-22)27(21)14-16-6-3-2-4-7-16/h2-13,15H,14H2,1H3,(H,25,26,28). The fourth-order valence-electron chi connectivity index (χ4n) is 3.51. The van der Waals surface area contributed by atoms with Crippen LogP contribution in [0, 0.1) is 0 Å². The van der Waals surface area contributed by atoms with Crippen LogP contribution in [0.1, 0.15) is 16.1 Å². The number of carbonyl (C=O) groups is 1. The molecule has 5 nitrogen and oxygen atoms in total. The van der Waals surface area contributed by atoms with Crippen LogP contribution in [-0.2, 0) is 6.54 Å². The van der Waals surface area contributed by atoms with Crippen molar-refractivity contribution in [3.8, 4) is 17.0 Å². The van der Waals surface area contributed by atoms with Gasteiger partial charge < -0.3 is 9.30 Å². The number of rotatable bonds is 6. The van der Waals surface area contributed by atoms with Gasteiger partial charge in [-0.15, -0.1) is 22.7 Å². The van der Waals surface area contributed by atoms with Gasteiger partial charge in [-0.05, 0) is 35.2 Å². The van der Waals surface area contributed by atoms with Gasteiger partial charge in [0, 0.05) is 17.5 Å². The minimum Gasteiger partial charge on any atom is -0.497 e. The van der Waals surface area contributed by atoms with E-state index in [9.17, 15) is 4.79 Å². The first-order valence-corrected chi connectivity index (χ1v) is 11.5. The van der Waals surface area contributed by atoms with E-state index in [1.807, 2.05) is 53.9 Å². The van der Waals surface area contributed by atoms with Crippen LogP contribution in [0.3, 0.4) is 0 Å². The molecule has 0 saturated heterocycles. The summed E-state index contributed by atoms with van der Waals surface area (Å²) in [6, 6.07) is 21.9. The summed E-state index contributed by atoms with van der Waals surface area (Å²) in [5.74, 6) is 0.612. The Labute approximate surface area is 187 Å². The highest BCUT2D eigenvalue weighted by molar-refractivity contribution is 7.17. The predicted molar refractivity (Wildman–Crippen MR) is 127 cm³/mol. The molecule has 0 spiro atoms. The normalized spacial score (nSPS) is 11.0. The van der Waals surface area contributed by atoms with E-state index in [1.54, 1.807) is 18.4 Å². The van der Waals surface area contributed by atoms with Crippen LogP contribution in [0.2, 0.25) is 0 Å². The van der Waals surface area contributed by atoms with E-state index in [2.05, 4.69) is 38.4 Å². The molecule has 5 aromatic rings. The summed E-state index contributed by atoms with van der Waals surface area (Å²) in [5.41, 5.74) is 4.60. The zero-order chi connectivity index (χ0) is 21.2. The third kappa shape index (κ3) is 3.97. The molecule has 1 amide bonds. The molecule has 3 heterocycles. The van der Waals surface area contributed by atoms with Crippen molar-refractivity contribution < 1.29 is 9.53 Å².